The Morgan fingerprint density at radius 2 is 2.00 bits per heavy atom. The fourth-order valence-electron chi connectivity index (χ4n) is 2.56. The fourth-order valence-corrected chi connectivity index (χ4v) is 2.56. The molecular weight excluding hydrogens is 224 g/mol. The third kappa shape index (κ3) is 3.42. The average Bonchev–Trinajstić information content (AvgIpc) is 2.42. The maximum absolute atomic E-state index is 4.41. The van der Waals surface area contributed by atoms with Crippen LogP contribution in [0.25, 0.3) is 0 Å². The zero-order valence-electron chi connectivity index (χ0n) is 11.4. The highest BCUT2D eigenvalue weighted by Gasteiger charge is 2.14. The van der Waals surface area contributed by atoms with Gasteiger partial charge in [-0.1, -0.05) is 13.8 Å². The first-order chi connectivity index (χ1) is 8.83. The van der Waals surface area contributed by atoms with Crippen LogP contribution in [0.5, 0.6) is 0 Å². The second-order valence-corrected chi connectivity index (χ2v) is 5.01. The van der Waals surface area contributed by atoms with Gasteiger partial charge in [-0.15, -0.1) is 0 Å². The van der Waals surface area contributed by atoms with E-state index in [1.165, 1.54) is 18.5 Å². The molecule has 0 bridgehead atoms. The van der Waals surface area contributed by atoms with Crippen LogP contribution in [0.3, 0.4) is 0 Å². The van der Waals surface area contributed by atoms with Gasteiger partial charge in [-0.3, -0.25) is 0 Å². The van der Waals surface area contributed by atoms with E-state index >= 15 is 0 Å². The Balaban J connectivity index is 2.01. The summed E-state index contributed by atoms with van der Waals surface area (Å²) in [5.41, 5.74) is 1.17. The van der Waals surface area contributed by atoms with Gasteiger partial charge in [0.05, 0.1) is 0 Å². The van der Waals surface area contributed by atoms with Crippen LogP contribution in [0.4, 0.5) is 5.82 Å². The maximum Gasteiger partial charge on any atom is 0.129 e. The summed E-state index contributed by atoms with van der Waals surface area (Å²) >= 11 is 0. The van der Waals surface area contributed by atoms with Crippen molar-refractivity contribution in [3.8, 4) is 0 Å². The minimum atomic E-state index is 0.552. The van der Waals surface area contributed by atoms with Gasteiger partial charge in [0.15, 0.2) is 0 Å². The van der Waals surface area contributed by atoms with E-state index in [4.69, 9.17) is 0 Å². The van der Waals surface area contributed by atoms with Gasteiger partial charge in [0.25, 0.3) is 0 Å². The van der Waals surface area contributed by atoms with Crippen molar-refractivity contribution in [2.75, 3.05) is 18.4 Å². The van der Waals surface area contributed by atoms with E-state index in [-0.39, 0.29) is 0 Å². The standard InChI is InChI=1S/C14H24N4/c1-3-11(4-2)13-9-14(17-10-16-13)18-12-5-7-15-8-6-12/h9-12,15H,3-8H2,1-2H3,(H,16,17,18). The Morgan fingerprint density at radius 1 is 1.28 bits per heavy atom. The number of piperidine rings is 1. The van der Waals surface area contributed by atoms with Crippen molar-refractivity contribution in [1.82, 2.24) is 15.3 Å². The molecule has 2 rings (SSSR count). The Morgan fingerprint density at radius 3 is 2.67 bits per heavy atom. The summed E-state index contributed by atoms with van der Waals surface area (Å²) in [6.07, 6.45) is 6.31. The molecule has 0 amide bonds. The van der Waals surface area contributed by atoms with Gasteiger partial charge in [0.1, 0.15) is 12.1 Å². The van der Waals surface area contributed by atoms with Crippen LogP contribution >= 0.6 is 0 Å². The van der Waals surface area contributed by atoms with E-state index in [1.807, 2.05) is 0 Å². The summed E-state index contributed by atoms with van der Waals surface area (Å²) in [4.78, 5) is 8.75. The summed E-state index contributed by atoms with van der Waals surface area (Å²) in [6.45, 7) is 6.64. The molecule has 1 aromatic heterocycles. The van der Waals surface area contributed by atoms with Crippen molar-refractivity contribution in [3.05, 3.63) is 18.1 Å². The first-order valence-electron chi connectivity index (χ1n) is 7.12. The molecule has 100 valence electrons. The van der Waals surface area contributed by atoms with Gasteiger partial charge in [0.2, 0.25) is 0 Å². The summed E-state index contributed by atoms with van der Waals surface area (Å²) in [5, 5.41) is 6.91. The van der Waals surface area contributed by atoms with Crippen LogP contribution < -0.4 is 10.6 Å². The summed E-state index contributed by atoms with van der Waals surface area (Å²) < 4.78 is 0. The molecule has 0 aromatic carbocycles. The molecule has 0 saturated carbocycles. The SMILES string of the molecule is CCC(CC)c1cc(NC2CCNCC2)ncn1. The topological polar surface area (TPSA) is 49.8 Å². The number of rotatable bonds is 5. The molecular formula is C14H24N4. The zero-order chi connectivity index (χ0) is 12.8. The van der Waals surface area contributed by atoms with Gasteiger partial charge in [0, 0.05) is 23.7 Å². The largest absolute Gasteiger partial charge is 0.367 e. The minimum absolute atomic E-state index is 0.552. The minimum Gasteiger partial charge on any atom is -0.367 e. The molecule has 1 aliphatic heterocycles. The lowest BCUT2D eigenvalue weighted by Gasteiger charge is -2.24. The smallest absolute Gasteiger partial charge is 0.129 e. The summed E-state index contributed by atoms with van der Waals surface area (Å²) in [7, 11) is 0. The third-order valence-electron chi connectivity index (χ3n) is 3.78. The number of nitrogens with zero attached hydrogens (tertiary/aromatic N) is 2. The molecule has 0 aliphatic carbocycles. The molecule has 1 aromatic rings. The Labute approximate surface area is 110 Å². The van der Waals surface area contributed by atoms with Crippen molar-refractivity contribution >= 4 is 5.82 Å². The van der Waals surface area contributed by atoms with Gasteiger partial charge in [-0.25, -0.2) is 9.97 Å². The lowest BCUT2D eigenvalue weighted by molar-refractivity contribution is 0.478. The first kappa shape index (κ1) is 13.3. The van der Waals surface area contributed by atoms with E-state index in [0.717, 1.165) is 31.7 Å². The van der Waals surface area contributed by atoms with Crippen LogP contribution in [0.1, 0.15) is 51.1 Å². The predicted octanol–water partition coefficient (Wildman–Crippen LogP) is 2.54. The third-order valence-corrected chi connectivity index (χ3v) is 3.78. The molecule has 1 fully saturated rings. The molecule has 2 N–H and O–H groups in total. The number of anilines is 1. The van der Waals surface area contributed by atoms with Crippen molar-refractivity contribution < 1.29 is 0 Å². The lowest BCUT2D eigenvalue weighted by Crippen LogP contribution is -2.35. The Kier molecular flexibility index (Phi) is 4.93. The number of hydrogen-bond donors (Lipinski definition) is 2. The number of hydrogen-bond acceptors (Lipinski definition) is 4. The molecule has 18 heavy (non-hydrogen) atoms. The van der Waals surface area contributed by atoms with Gasteiger partial charge < -0.3 is 10.6 Å². The molecule has 4 nitrogen and oxygen atoms in total. The van der Waals surface area contributed by atoms with Crippen molar-refractivity contribution in [1.29, 1.82) is 0 Å². The highest BCUT2D eigenvalue weighted by atomic mass is 15.1. The van der Waals surface area contributed by atoms with Crippen LogP contribution in [0, 0.1) is 0 Å². The van der Waals surface area contributed by atoms with Crippen molar-refractivity contribution in [3.63, 3.8) is 0 Å². The van der Waals surface area contributed by atoms with E-state index in [9.17, 15) is 0 Å². The van der Waals surface area contributed by atoms with Gasteiger partial charge >= 0.3 is 0 Å². The molecule has 0 radical (unpaired) electrons. The van der Waals surface area contributed by atoms with Crippen molar-refractivity contribution in [2.24, 2.45) is 0 Å². The fraction of sp³-hybridized carbons (Fsp3) is 0.714. The van der Waals surface area contributed by atoms with Gasteiger partial charge in [-0.05, 0) is 38.8 Å². The molecule has 1 saturated heterocycles. The molecule has 0 unspecified atom stereocenters. The van der Waals surface area contributed by atoms with Crippen molar-refractivity contribution in [2.45, 2.75) is 51.5 Å². The first-order valence-corrected chi connectivity index (χ1v) is 7.12. The predicted molar refractivity (Wildman–Crippen MR) is 74.9 cm³/mol. The Hall–Kier alpha value is -1.16. The molecule has 0 atom stereocenters. The molecule has 0 spiro atoms. The summed E-state index contributed by atoms with van der Waals surface area (Å²) in [5.74, 6) is 1.54. The average molecular weight is 248 g/mol. The second-order valence-electron chi connectivity index (χ2n) is 5.01. The molecule has 1 aliphatic rings. The van der Waals surface area contributed by atoms with E-state index in [2.05, 4.69) is 40.5 Å². The number of aromatic nitrogens is 2. The quantitative estimate of drug-likeness (QED) is 0.841. The summed E-state index contributed by atoms with van der Waals surface area (Å²) in [6, 6.07) is 2.68. The van der Waals surface area contributed by atoms with E-state index in [0.29, 0.717) is 12.0 Å². The molecule has 4 heteroatoms. The maximum atomic E-state index is 4.41. The van der Waals surface area contributed by atoms with Crippen LogP contribution in [-0.4, -0.2) is 29.1 Å². The highest BCUT2D eigenvalue weighted by molar-refractivity contribution is 5.37. The van der Waals surface area contributed by atoms with Gasteiger partial charge in [-0.2, -0.15) is 0 Å². The van der Waals surface area contributed by atoms with E-state index < -0.39 is 0 Å². The zero-order valence-corrected chi connectivity index (χ0v) is 11.4. The Bertz CT molecular complexity index is 357. The second kappa shape index (κ2) is 6.69. The lowest BCUT2D eigenvalue weighted by atomic mass is 9.99. The normalized spacial score (nSPS) is 17.1. The van der Waals surface area contributed by atoms with Crippen LogP contribution in [0.15, 0.2) is 12.4 Å². The van der Waals surface area contributed by atoms with Crippen LogP contribution in [-0.2, 0) is 0 Å². The van der Waals surface area contributed by atoms with E-state index in [1.54, 1.807) is 6.33 Å². The number of nitrogens with one attached hydrogen (secondary N) is 2. The monoisotopic (exact) mass is 248 g/mol. The molecule has 2 heterocycles. The van der Waals surface area contributed by atoms with Crippen LogP contribution in [0.2, 0.25) is 0 Å². The highest BCUT2D eigenvalue weighted by Crippen LogP contribution is 2.22.